The Hall–Kier alpha value is -2.84. The van der Waals surface area contributed by atoms with Crippen molar-refractivity contribution in [2.45, 2.75) is 38.6 Å². The third-order valence-electron chi connectivity index (χ3n) is 7.60. The molecule has 2 aromatic rings. The van der Waals surface area contributed by atoms with E-state index >= 15 is 0 Å². The number of ketones is 1. The number of halogens is 2. The monoisotopic (exact) mass is 512 g/mol. The predicted molar refractivity (Wildman–Crippen MR) is 142 cm³/mol. The maximum absolute atomic E-state index is 13.3. The highest BCUT2D eigenvalue weighted by molar-refractivity contribution is 5.96. The minimum absolute atomic E-state index is 0.0238. The lowest BCUT2D eigenvalue weighted by Gasteiger charge is -2.42. The quantitative estimate of drug-likeness (QED) is 0.476. The zero-order valence-electron chi connectivity index (χ0n) is 21.6. The number of carbonyl (C=O) groups is 2. The summed E-state index contributed by atoms with van der Waals surface area (Å²) in [6.07, 6.45) is 3.95. The van der Waals surface area contributed by atoms with E-state index in [1.807, 2.05) is 12.1 Å². The van der Waals surface area contributed by atoms with Crippen LogP contribution in [0.25, 0.3) is 0 Å². The van der Waals surface area contributed by atoms with Gasteiger partial charge in [0.25, 0.3) is 0 Å². The molecule has 0 spiro atoms. The molecule has 0 bridgehead atoms. The fourth-order valence-electron chi connectivity index (χ4n) is 5.73. The highest BCUT2D eigenvalue weighted by Crippen LogP contribution is 2.25. The molecule has 2 heterocycles. The summed E-state index contributed by atoms with van der Waals surface area (Å²) in [7, 11) is 0. The van der Waals surface area contributed by atoms with Gasteiger partial charge in [0.1, 0.15) is 12.5 Å². The van der Waals surface area contributed by atoms with Crippen molar-refractivity contribution in [1.82, 2.24) is 15.1 Å². The Morgan fingerprint density at radius 2 is 1.84 bits per heavy atom. The summed E-state index contributed by atoms with van der Waals surface area (Å²) < 4.78 is 26.4. The van der Waals surface area contributed by atoms with E-state index in [9.17, 15) is 18.4 Å². The molecule has 0 unspecified atom stereocenters. The first-order chi connectivity index (χ1) is 17.9. The van der Waals surface area contributed by atoms with Crippen LogP contribution >= 0.6 is 0 Å². The zero-order chi connectivity index (χ0) is 26.2. The molecule has 6 nitrogen and oxygen atoms in total. The van der Waals surface area contributed by atoms with Crippen molar-refractivity contribution >= 4 is 17.5 Å². The largest absolute Gasteiger partial charge is 0.335 e. The first kappa shape index (κ1) is 27.2. The first-order valence-corrected chi connectivity index (χ1v) is 13.3. The SMILES string of the molecule is CC(=O)c1cccc(NC(=O)N[C@@H]2CCN(CCF)C[C@@H]2CN2CCC[C@@H](Cc3ccc(F)cc3)C2)c1. The number of piperidine rings is 2. The number of hydrogen-bond donors (Lipinski definition) is 2. The molecule has 2 amide bonds. The standard InChI is InChI=1S/C29H38F2N4O2/c1-21(36)24-5-2-6-27(17-24)32-29(37)33-28-11-14-34(15-12-30)19-25(28)20-35-13-3-4-23(18-35)16-22-7-9-26(31)10-8-22/h2,5-10,17,23,25,28H,3-4,11-16,18-20H2,1H3,(H2,32,33,37)/t23-,25+,28+/m0/s1. The number of nitrogens with one attached hydrogen (secondary N) is 2. The van der Waals surface area contributed by atoms with Crippen molar-refractivity contribution in [2.24, 2.45) is 11.8 Å². The van der Waals surface area contributed by atoms with Crippen LogP contribution < -0.4 is 10.6 Å². The number of urea groups is 1. The van der Waals surface area contributed by atoms with E-state index in [0.717, 1.165) is 64.0 Å². The summed E-state index contributed by atoms with van der Waals surface area (Å²) >= 11 is 0. The van der Waals surface area contributed by atoms with Crippen molar-refractivity contribution in [3.63, 3.8) is 0 Å². The second-order valence-corrected chi connectivity index (χ2v) is 10.5. The minimum Gasteiger partial charge on any atom is -0.335 e. The average molecular weight is 513 g/mol. The molecule has 37 heavy (non-hydrogen) atoms. The number of Topliss-reactive ketones (excluding diaryl/α,β-unsaturated/α-hetero) is 1. The van der Waals surface area contributed by atoms with Gasteiger partial charge in [-0.3, -0.25) is 4.79 Å². The molecule has 2 saturated heterocycles. The van der Waals surface area contributed by atoms with Crippen LogP contribution in [0.2, 0.25) is 0 Å². The molecule has 200 valence electrons. The Balaban J connectivity index is 1.36. The lowest BCUT2D eigenvalue weighted by molar-refractivity contribution is 0.0822. The molecule has 2 aromatic carbocycles. The maximum atomic E-state index is 13.3. The van der Waals surface area contributed by atoms with E-state index in [4.69, 9.17) is 0 Å². The highest BCUT2D eigenvalue weighted by Gasteiger charge is 2.33. The molecule has 2 aliphatic heterocycles. The van der Waals surface area contributed by atoms with Gasteiger partial charge in [-0.1, -0.05) is 24.3 Å². The Morgan fingerprint density at radius 3 is 2.59 bits per heavy atom. The van der Waals surface area contributed by atoms with Gasteiger partial charge in [0.15, 0.2) is 5.78 Å². The lowest BCUT2D eigenvalue weighted by atomic mass is 9.88. The van der Waals surface area contributed by atoms with Gasteiger partial charge in [0.2, 0.25) is 0 Å². The summed E-state index contributed by atoms with van der Waals surface area (Å²) in [6.45, 7) is 5.85. The Morgan fingerprint density at radius 1 is 1.03 bits per heavy atom. The average Bonchev–Trinajstić information content (AvgIpc) is 2.87. The summed E-state index contributed by atoms with van der Waals surface area (Å²) in [5.41, 5.74) is 2.29. The van der Waals surface area contributed by atoms with Gasteiger partial charge < -0.3 is 20.4 Å². The number of likely N-dealkylation sites (tertiary alicyclic amines) is 2. The Labute approximate surface area is 218 Å². The predicted octanol–water partition coefficient (Wildman–Crippen LogP) is 4.76. The van der Waals surface area contributed by atoms with Crippen molar-refractivity contribution in [2.75, 3.05) is 51.3 Å². The first-order valence-electron chi connectivity index (χ1n) is 13.3. The fourth-order valence-corrected chi connectivity index (χ4v) is 5.73. The summed E-state index contributed by atoms with van der Waals surface area (Å²) in [5, 5.41) is 6.02. The zero-order valence-corrected chi connectivity index (χ0v) is 21.6. The minimum atomic E-state index is -0.374. The number of nitrogens with zero attached hydrogens (tertiary/aromatic N) is 2. The van der Waals surface area contributed by atoms with E-state index in [2.05, 4.69) is 20.4 Å². The molecule has 2 fully saturated rings. The number of carbonyl (C=O) groups excluding carboxylic acids is 2. The molecule has 2 aliphatic rings. The topological polar surface area (TPSA) is 64.7 Å². The molecular weight excluding hydrogens is 474 g/mol. The van der Waals surface area contributed by atoms with Gasteiger partial charge in [0.05, 0.1) is 0 Å². The summed E-state index contributed by atoms with van der Waals surface area (Å²) in [5.74, 6) is 0.425. The van der Waals surface area contributed by atoms with Gasteiger partial charge in [-0.15, -0.1) is 0 Å². The van der Waals surface area contributed by atoms with Crippen LogP contribution in [0.5, 0.6) is 0 Å². The number of anilines is 1. The second kappa shape index (κ2) is 13.1. The third-order valence-corrected chi connectivity index (χ3v) is 7.60. The smallest absolute Gasteiger partial charge is 0.319 e. The molecule has 0 radical (unpaired) electrons. The molecule has 0 saturated carbocycles. The summed E-state index contributed by atoms with van der Waals surface area (Å²) in [4.78, 5) is 29.2. The fraction of sp³-hybridized carbons (Fsp3) is 0.517. The third kappa shape index (κ3) is 8.07. The molecule has 8 heteroatoms. The van der Waals surface area contributed by atoms with Gasteiger partial charge in [-0.25, -0.2) is 13.6 Å². The second-order valence-electron chi connectivity index (χ2n) is 10.5. The molecule has 2 N–H and O–H groups in total. The van der Waals surface area contributed by atoms with Crippen LogP contribution in [0.15, 0.2) is 48.5 Å². The highest BCUT2D eigenvalue weighted by atomic mass is 19.1. The van der Waals surface area contributed by atoms with Crippen molar-refractivity contribution < 1.29 is 18.4 Å². The van der Waals surface area contributed by atoms with Crippen LogP contribution in [0.3, 0.4) is 0 Å². The van der Waals surface area contributed by atoms with Gasteiger partial charge in [-0.05, 0) is 74.9 Å². The van der Waals surface area contributed by atoms with Crippen LogP contribution in [0, 0.1) is 17.7 Å². The number of benzene rings is 2. The number of rotatable bonds is 9. The molecule has 4 rings (SSSR count). The number of amides is 2. The Kier molecular flexibility index (Phi) is 9.63. The van der Waals surface area contributed by atoms with E-state index < -0.39 is 0 Å². The van der Waals surface area contributed by atoms with E-state index in [0.29, 0.717) is 23.7 Å². The molecular formula is C29H38F2N4O2. The number of hydrogen-bond acceptors (Lipinski definition) is 4. The molecule has 0 aromatic heterocycles. The van der Waals surface area contributed by atoms with Gasteiger partial charge in [0, 0.05) is 55.9 Å². The van der Waals surface area contributed by atoms with E-state index in [1.54, 1.807) is 24.3 Å². The van der Waals surface area contributed by atoms with E-state index in [-0.39, 0.29) is 36.3 Å². The van der Waals surface area contributed by atoms with Crippen LogP contribution in [0.1, 0.15) is 42.1 Å². The Bertz CT molecular complexity index is 1050. The van der Waals surface area contributed by atoms with Gasteiger partial charge >= 0.3 is 6.03 Å². The van der Waals surface area contributed by atoms with Crippen molar-refractivity contribution in [3.8, 4) is 0 Å². The van der Waals surface area contributed by atoms with Crippen LogP contribution in [-0.2, 0) is 6.42 Å². The molecule has 3 atom stereocenters. The van der Waals surface area contributed by atoms with Crippen molar-refractivity contribution in [1.29, 1.82) is 0 Å². The number of alkyl halides is 1. The van der Waals surface area contributed by atoms with Crippen LogP contribution in [-0.4, -0.2) is 73.6 Å². The maximum Gasteiger partial charge on any atom is 0.319 e. The summed E-state index contributed by atoms with van der Waals surface area (Å²) in [6, 6.07) is 13.4. The van der Waals surface area contributed by atoms with E-state index in [1.165, 1.54) is 19.1 Å². The van der Waals surface area contributed by atoms with Crippen molar-refractivity contribution in [3.05, 3.63) is 65.5 Å². The lowest BCUT2D eigenvalue weighted by Crippen LogP contribution is -2.55. The molecule has 0 aliphatic carbocycles. The van der Waals surface area contributed by atoms with Crippen LogP contribution in [0.4, 0.5) is 19.3 Å². The normalized spacial score (nSPS) is 22.9. The van der Waals surface area contributed by atoms with Gasteiger partial charge in [-0.2, -0.15) is 0 Å².